The van der Waals surface area contributed by atoms with Gasteiger partial charge >= 0.3 is 6.09 Å². The molecule has 7 nitrogen and oxygen atoms in total. The van der Waals surface area contributed by atoms with E-state index >= 15 is 0 Å². The molecule has 0 atom stereocenters. The molecular weight excluding hydrogens is 428 g/mol. The molecule has 1 aromatic heterocycles. The minimum absolute atomic E-state index is 0.146. The maximum absolute atomic E-state index is 13.3. The zero-order valence-electron chi connectivity index (χ0n) is 20.2. The molecule has 7 heteroatoms. The zero-order valence-corrected chi connectivity index (χ0v) is 20.2. The highest BCUT2D eigenvalue weighted by atomic mass is 16.4. The molecule has 0 saturated carbocycles. The topological polar surface area (TPSA) is 69.0 Å². The van der Waals surface area contributed by atoms with Crippen molar-refractivity contribution >= 4 is 22.9 Å². The van der Waals surface area contributed by atoms with Crippen LogP contribution < -0.4 is 0 Å². The molecule has 0 unspecified atom stereocenters. The fourth-order valence-electron chi connectivity index (χ4n) is 6.07. The minimum atomic E-state index is -0.813. The fourth-order valence-corrected chi connectivity index (χ4v) is 6.07. The second-order valence-corrected chi connectivity index (χ2v) is 10.3. The van der Waals surface area contributed by atoms with Gasteiger partial charge in [-0.15, -0.1) is 6.58 Å². The Morgan fingerprint density at radius 2 is 1.76 bits per heavy atom. The van der Waals surface area contributed by atoms with Crippen molar-refractivity contribution in [2.75, 3.05) is 32.7 Å². The Morgan fingerprint density at radius 3 is 2.44 bits per heavy atom. The Bertz CT molecular complexity index is 1090. The normalized spacial score (nSPS) is 20.5. The highest BCUT2D eigenvalue weighted by molar-refractivity contribution is 5.99. The first kappa shape index (κ1) is 23.0. The molecule has 2 fully saturated rings. The number of rotatable bonds is 4. The molecule has 2 saturated heterocycles. The van der Waals surface area contributed by atoms with Crippen molar-refractivity contribution in [3.8, 4) is 0 Å². The fraction of sp³-hybridized carbons (Fsp3) is 0.556. The Labute approximate surface area is 201 Å². The van der Waals surface area contributed by atoms with Gasteiger partial charge in [0.2, 0.25) is 0 Å². The first-order chi connectivity index (χ1) is 16.5. The third-order valence-electron chi connectivity index (χ3n) is 8.16. The molecule has 4 heterocycles. The van der Waals surface area contributed by atoms with Crippen molar-refractivity contribution in [3.63, 3.8) is 0 Å². The number of benzene rings is 1. The van der Waals surface area contributed by atoms with Gasteiger partial charge in [0.15, 0.2) is 0 Å². The standard InChI is InChI=1S/C27H36N4O3/c1-3-11-31-24-5-4-20(26(32)28-12-6-19(2)7-13-28)17-22(24)23-18-30(16-10-25(23)31)21-8-14-29(15-9-21)27(33)34/h3-5,17,19,21H,1,6-16,18H2,2H3,(H,33,34). The van der Waals surface area contributed by atoms with E-state index < -0.39 is 6.09 Å². The van der Waals surface area contributed by atoms with E-state index in [1.165, 1.54) is 27.1 Å². The molecule has 1 N–H and O–H groups in total. The molecule has 0 bridgehead atoms. The number of likely N-dealkylation sites (tertiary alicyclic amines) is 2. The summed E-state index contributed by atoms with van der Waals surface area (Å²) in [5, 5.41) is 10.5. The highest BCUT2D eigenvalue weighted by Crippen LogP contribution is 2.34. The van der Waals surface area contributed by atoms with Crippen LogP contribution in [0.3, 0.4) is 0 Å². The van der Waals surface area contributed by atoms with Gasteiger partial charge in [0.1, 0.15) is 0 Å². The van der Waals surface area contributed by atoms with Crippen LogP contribution in [0.15, 0.2) is 30.9 Å². The van der Waals surface area contributed by atoms with Crippen molar-refractivity contribution in [2.45, 2.75) is 58.2 Å². The van der Waals surface area contributed by atoms with Crippen molar-refractivity contribution in [1.82, 2.24) is 19.3 Å². The van der Waals surface area contributed by atoms with E-state index in [9.17, 15) is 14.7 Å². The van der Waals surface area contributed by atoms with Crippen LogP contribution in [0.5, 0.6) is 0 Å². The number of nitrogens with zero attached hydrogens (tertiary/aromatic N) is 4. The number of aromatic nitrogens is 1. The number of hydrogen-bond donors (Lipinski definition) is 1. The van der Waals surface area contributed by atoms with Gasteiger partial charge in [-0.25, -0.2) is 4.79 Å². The van der Waals surface area contributed by atoms with Crippen LogP contribution in [0.1, 0.15) is 54.2 Å². The number of hydrogen-bond acceptors (Lipinski definition) is 3. The van der Waals surface area contributed by atoms with Crippen LogP contribution >= 0.6 is 0 Å². The predicted molar refractivity (Wildman–Crippen MR) is 133 cm³/mol. The first-order valence-corrected chi connectivity index (χ1v) is 12.7. The van der Waals surface area contributed by atoms with Gasteiger partial charge in [0.25, 0.3) is 5.91 Å². The number of amides is 2. The highest BCUT2D eigenvalue weighted by Gasteiger charge is 2.31. The molecule has 0 aliphatic carbocycles. The SMILES string of the molecule is C=CCn1c2c(c3cc(C(=O)N4CCC(C)CC4)ccc31)CN(C1CCN(C(=O)O)CC1)CC2. The summed E-state index contributed by atoms with van der Waals surface area (Å²) in [7, 11) is 0. The summed E-state index contributed by atoms with van der Waals surface area (Å²) < 4.78 is 2.36. The maximum atomic E-state index is 13.3. The van der Waals surface area contributed by atoms with Crippen LogP contribution in [-0.2, 0) is 19.5 Å². The summed E-state index contributed by atoms with van der Waals surface area (Å²) in [5.41, 5.74) is 4.64. The largest absolute Gasteiger partial charge is 0.465 e. The molecule has 1 aromatic carbocycles. The van der Waals surface area contributed by atoms with Gasteiger partial charge in [-0.05, 0) is 55.4 Å². The van der Waals surface area contributed by atoms with Gasteiger partial charge in [0.05, 0.1) is 0 Å². The quantitative estimate of drug-likeness (QED) is 0.689. The Kier molecular flexibility index (Phi) is 6.38. The molecule has 5 rings (SSSR count). The van der Waals surface area contributed by atoms with Crippen molar-refractivity contribution < 1.29 is 14.7 Å². The summed E-state index contributed by atoms with van der Waals surface area (Å²) in [6, 6.07) is 6.63. The van der Waals surface area contributed by atoms with Gasteiger partial charge < -0.3 is 19.5 Å². The average Bonchev–Trinajstić information content (AvgIpc) is 3.16. The van der Waals surface area contributed by atoms with Crippen LogP contribution in [0.2, 0.25) is 0 Å². The van der Waals surface area contributed by atoms with Gasteiger partial charge in [-0.2, -0.15) is 0 Å². The lowest BCUT2D eigenvalue weighted by atomic mass is 9.97. The molecule has 182 valence electrons. The van der Waals surface area contributed by atoms with E-state index in [2.05, 4.69) is 35.1 Å². The van der Waals surface area contributed by atoms with E-state index in [0.717, 1.165) is 70.4 Å². The van der Waals surface area contributed by atoms with Crippen LogP contribution in [-0.4, -0.2) is 75.1 Å². The maximum Gasteiger partial charge on any atom is 0.407 e. The van der Waals surface area contributed by atoms with E-state index in [1.807, 2.05) is 17.0 Å². The van der Waals surface area contributed by atoms with E-state index in [0.29, 0.717) is 25.0 Å². The summed E-state index contributed by atoms with van der Waals surface area (Å²) in [5.74, 6) is 0.840. The number of piperidine rings is 2. The van der Waals surface area contributed by atoms with E-state index in [1.54, 1.807) is 0 Å². The Hall–Kier alpha value is -2.80. The predicted octanol–water partition coefficient (Wildman–Crippen LogP) is 4.20. The number of carboxylic acid groups (broad SMARTS) is 1. The third kappa shape index (κ3) is 4.22. The Balaban J connectivity index is 1.42. The average molecular weight is 465 g/mol. The smallest absolute Gasteiger partial charge is 0.407 e. The lowest BCUT2D eigenvalue weighted by Gasteiger charge is -2.39. The zero-order chi connectivity index (χ0) is 23.8. The molecule has 3 aliphatic rings. The number of carbonyl (C=O) groups is 2. The van der Waals surface area contributed by atoms with Crippen LogP contribution in [0.25, 0.3) is 10.9 Å². The summed E-state index contributed by atoms with van der Waals surface area (Å²) in [6.07, 6.45) is 6.01. The van der Waals surface area contributed by atoms with Crippen LogP contribution in [0, 0.1) is 5.92 Å². The van der Waals surface area contributed by atoms with Crippen molar-refractivity contribution in [3.05, 3.63) is 47.7 Å². The molecular formula is C27H36N4O3. The van der Waals surface area contributed by atoms with Gasteiger partial charge in [0, 0.05) is 80.4 Å². The molecule has 2 aromatic rings. The van der Waals surface area contributed by atoms with E-state index in [-0.39, 0.29) is 5.91 Å². The third-order valence-corrected chi connectivity index (χ3v) is 8.16. The first-order valence-electron chi connectivity index (χ1n) is 12.7. The van der Waals surface area contributed by atoms with Crippen molar-refractivity contribution in [2.24, 2.45) is 5.92 Å². The second kappa shape index (κ2) is 9.45. The Morgan fingerprint density at radius 1 is 1.06 bits per heavy atom. The van der Waals surface area contributed by atoms with Crippen molar-refractivity contribution in [1.29, 1.82) is 0 Å². The molecule has 0 radical (unpaired) electrons. The number of fused-ring (bicyclic) bond motifs is 3. The van der Waals surface area contributed by atoms with E-state index in [4.69, 9.17) is 0 Å². The molecule has 3 aliphatic heterocycles. The lowest BCUT2D eigenvalue weighted by Crippen LogP contribution is -2.47. The molecule has 0 spiro atoms. The number of carbonyl (C=O) groups excluding carboxylic acids is 1. The minimum Gasteiger partial charge on any atom is -0.465 e. The second-order valence-electron chi connectivity index (χ2n) is 10.3. The monoisotopic (exact) mass is 464 g/mol. The lowest BCUT2D eigenvalue weighted by molar-refractivity contribution is 0.0697. The molecule has 2 amide bonds. The summed E-state index contributed by atoms with van der Waals surface area (Å²) in [4.78, 5) is 30.7. The van der Waals surface area contributed by atoms with Gasteiger partial charge in [-0.1, -0.05) is 13.0 Å². The number of allylic oxidation sites excluding steroid dienone is 1. The summed E-state index contributed by atoms with van der Waals surface area (Å²) in [6.45, 7) is 11.7. The van der Waals surface area contributed by atoms with Crippen LogP contribution in [0.4, 0.5) is 4.79 Å². The summed E-state index contributed by atoms with van der Waals surface area (Å²) >= 11 is 0. The van der Waals surface area contributed by atoms with Gasteiger partial charge in [-0.3, -0.25) is 9.69 Å². The molecule has 34 heavy (non-hydrogen) atoms.